The maximum absolute atomic E-state index is 12.5. The lowest BCUT2D eigenvalue weighted by atomic mass is 10.1. The molecule has 1 aromatic rings. The van der Waals surface area contributed by atoms with E-state index in [4.69, 9.17) is 10.6 Å². The van der Waals surface area contributed by atoms with Gasteiger partial charge in [-0.05, 0) is 37.8 Å². The van der Waals surface area contributed by atoms with E-state index in [1.165, 1.54) is 12.8 Å². The standard InChI is InChI=1S/C13H21N5O2/c1-9(10-3-4-10)18(7-8-20-2)13(19)11-5-6-12(15-14)17-16-11/h5-6,9-10H,3-4,7-8,14H2,1-2H3,(H,15,17). The van der Waals surface area contributed by atoms with Gasteiger partial charge in [0.15, 0.2) is 11.5 Å². The number of hydrazine groups is 1. The molecular formula is C13H21N5O2. The van der Waals surface area contributed by atoms with E-state index in [-0.39, 0.29) is 11.9 Å². The molecule has 7 nitrogen and oxygen atoms in total. The number of nitrogens with two attached hydrogens (primary N) is 1. The fourth-order valence-electron chi connectivity index (χ4n) is 2.18. The molecule has 110 valence electrons. The van der Waals surface area contributed by atoms with Crippen LogP contribution in [-0.2, 0) is 4.74 Å². The summed E-state index contributed by atoms with van der Waals surface area (Å²) in [7, 11) is 1.63. The molecule has 1 heterocycles. The van der Waals surface area contributed by atoms with Gasteiger partial charge >= 0.3 is 0 Å². The van der Waals surface area contributed by atoms with Crippen molar-refractivity contribution in [3.8, 4) is 0 Å². The van der Waals surface area contributed by atoms with Crippen molar-refractivity contribution in [2.24, 2.45) is 11.8 Å². The van der Waals surface area contributed by atoms with Crippen molar-refractivity contribution in [3.05, 3.63) is 17.8 Å². The Balaban J connectivity index is 2.10. The lowest BCUT2D eigenvalue weighted by molar-refractivity contribution is 0.0587. The van der Waals surface area contributed by atoms with Crippen LogP contribution in [0.25, 0.3) is 0 Å². The van der Waals surface area contributed by atoms with Gasteiger partial charge in [-0.1, -0.05) is 0 Å². The number of methoxy groups -OCH3 is 1. The van der Waals surface area contributed by atoms with Crippen molar-refractivity contribution in [3.63, 3.8) is 0 Å². The van der Waals surface area contributed by atoms with Gasteiger partial charge in [-0.2, -0.15) is 0 Å². The van der Waals surface area contributed by atoms with Crippen molar-refractivity contribution < 1.29 is 9.53 Å². The van der Waals surface area contributed by atoms with E-state index in [1.807, 2.05) is 4.90 Å². The first-order valence-corrected chi connectivity index (χ1v) is 6.77. The van der Waals surface area contributed by atoms with Crippen LogP contribution in [0.2, 0.25) is 0 Å². The highest BCUT2D eigenvalue weighted by atomic mass is 16.5. The van der Waals surface area contributed by atoms with E-state index in [0.29, 0.717) is 30.6 Å². The lowest BCUT2D eigenvalue weighted by Gasteiger charge is -2.28. The number of nitrogens with zero attached hydrogens (tertiary/aromatic N) is 3. The molecule has 2 rings (SSSR count). The summed E-state index contributed by atoms with van der Waals surface area (Å²) in [6, 6.07) is 3.47. The minimum absolute atomic E-state index is 0.113. The smallest absolute Gasteiger partial charge is 0.274 e. The Morgan fingerprint density at radius 2 is 2.30 bits per heavy atom. The summed E-state index contributed by atoms with van der Waals surface area (Å²) in [6.07, 6.45) is 2.36. The molecule has 0 saturated heterocycles. The Labute approximate surface area is 118 Å². The summed E-state index contributed by atoms with van der Waals surface area (Å²) in [4.78, 5) is 14.4. The highest BCUT2D eigenvalue weighted by Crippen LogP contribution is 2.35. The number of anilines is 1. The van der Waals surface area contributed by atoms with E-state index < -0.39 is 0 Å². The van der Waals surface area contributed by atoms with Gasteiger partial charge in [0.25, 0.3) is 5.91 Å². The summed E-state index contributed by atoms with van der Waals surface area (Å²) in [5.74, 6) is 6.14. The zero-order valence-corrected chi connectivity index (χ0v) is 11.9. The molecule has 3 N–H and O–H groups in total. The van der Waals surface area contributed by atoms with Crippen LogP contribution in [-0.4, -0.2) is 47.3 Å². The van der Waals surface area contributed by atoms with Gasteiger partial charge in [0.2, 0.25) is 0 Å². The predicted molar refractivity (Wildman–Crippen MR) is 74.9 cm³/mol. The summed E-state index contributed by atoms with van der Waals surface area (Å²) in [5.41, 5.74) is 2.72. The third-order valence-electron chi connectivity index (χ3n) is 3.62. The first-order chi connectivity index (χ1) is 9.67. The second kappa shape index (κ2) is 6.62. The van der Waals surface area contributed by atoms with Crippen LogP contribution in [0.3, 0.4) is 0 Å². The number of ether oxygens (including phenoxy) is 1. The number of nitrogens with one attached hydrogen (secondary N) is 1. The SMILES string of the molecule is COCCN(C(=O)c1ccc(NN)nn1)C(C)C1CC1. The van der Waals surface area contributed by atoms with Crippen LogP contribution in [0.5, 0.6) is 0 Å². The van der Waals surface area contributed by atoms with E-state index in [9.17, 15) is 4.79 Å². The molecule has 7 heteroatoms. The number of hydrogen-bond acceptors (Lipinski definition) is 6. The molecule has 1 saturated carbocycles. The number of nitrogen functional groups attached to an aromatic ring is 1. The first kappa shape index (κ1) is 14.7. The molecule has 20 heavy (non-hydrogen) atoms. The van der Waals surface area contributed by atoms with Crippen LogP contribution in [0.4, 0.5) is 5.82 Å². The van der Waals surface area contributed by atoms with E-state index in [2.05, 4.69) is 22.5 Å². The largest absolute Gasteiger partial charge is 0.383 e. The molecule has 0 spiro atoms. The molecule has 1 aromatic heterocycles. The average molecular weight is 279 g/mol. The van der Waals surface area contributed by atoms with Crippen LogP contribution in [0.1, 0.15) is 30.3 Å². The minimum Gasteiger partial charge on any atom is -0.383 e. The second-order valence-electron chi connectivity index (χ2n) is 5.02. The van der Waals surface area contributed by atoms with Crippen molar-refractivity contribution in [1.82, 2.24) is 15.1 Å². The molecule has 1 aliphatic carbocycles. The molecule has 1 unspecified atom stereocenters. The first-order valence-electron chi connectivity index (χ1n) is 6.77. The summed E-state index contributed by atoms with van der Waals surface area (Å²) < 4.78 is 5.09. The summed E-state index contributed by atoms with van der Waals surface area (Å²) in [6.45, 7) is 3.15. The van der Waals surface area contributed by atoms with Gasteiger partial charge in [0.05, 0.1) is 6.61 Å². The molecule has 0 radical (unpaired) electrons. The monoisotopic (exact) mass is 279 g/mol. The van der Waals surface area contributed by atoms with Crippen molar-refractivity contribution >= 4 is 11.7 Å². The minimum atomic E-state index is -0.113. The maximum Gasteiger partial charge on any atom is 0.274 e. The van der Waals surface area contributed by atoms with Gasteiger partial charge in [-0.15, -0.1) is 10.2 Å². The predicted octanol–water partition coefficient (Wildman–Crippen LogP) is 0.649. The van der Waals surface area contributed by atoms with Crippen molar-refractivity contribution in [1.29, 1.82) is 0 Å². The molecular weight excluding hydrogens is 258 g/mol. The molecule has 0 bridgehead atoms. The molecule has 1 fully saturated rings. The Kier molecular flexibility index (Phi) is 4.86. The normalized spacial score (nSPS) is 15.8. The Bertz CT molecular complexity index is 447. The second-order valence-corrected chi connectivity index (χ2v) is 5.02. The number of aromatic nitrogens is 2. The van der Waals surface area contributed by atoms with Crippen LogP contribution in [0, 0.1) is 5.92 Å². The molecule has 1 amide bonds. The van der Waals surface area contributed by atoms with Gasteiger partial charge in [-0.25, -0.2) is 5.84 Å². The van der Waals surface area contributed by atoms with Crippen molar-refractivity contribution in [2.45, 2.75) is 25.8 Å². The molecule has 1 atom stereocenters. The highest BCUT2D eigenvalue weighted by Gasteiger charge is 2.34. The van der Waals surface area contributed by atoms with E-state index in [1.54, 1.807) is 19.2 Å². The fraction of sp³-hybridized carbons (Fsp3) is 0.615. The Morgan fingerprint density at radius 3 is 2.80 bits per heavy atom. The number of carbonyl (C=O) groups excluding carboxylic acids is 1. The quantitative estimate of drug-likeness (QED) is 0.562. The van der Waals surface area contributed by atoms with Gasteiger partial charge in [0.1, 0.15) is 0 Å². The highest BCUT2D eigenvalue weighted by molar-refractivity contribution is 5.92. The topological polar surface area (TPSA) is 93.4 Å². The third-order valence-corrected chi connectivity index (χ3v) is 3.62. The van der Waals surface area contributed by atoms with Crippen molar-refractivity contribution in [2.75, 3.05) is 25.7 Å². The van der Waals surface area contributed by atoms with E-state index in [0.717, 1.165) is 0 Å². The van der Waals surface area contributed by atoms with E-state index >= 15 is 0 Å². The number of amides is 1. The summed E-state index contributed by atoms with van der Waals surface area (Å²) in [5, 5.41) is 7.75. The zero-order chi connectivity index (χ0) is 14.5. The Hall–Kier alpha value is -1.73. The van der Waals surface area contributed by atoms with Crippen LogP contribution >= 0.6 is 0 Å². The third kappa shape index (κ3) is 3.43. The average Bonchev–Trinajstić information content (AvgIpc) is 3.32. The van der Waals surface area contributed by atoms with Gasteiger partial charge in [-0.3, -0.25) is 4.79 Å². The molecule has 0 aromatic carbocycles. The van der Waals surface area contributed by atoms with Crippen LogP contribution in [0.15, 0.2) is 12.1 Å². The number of carbonyl (C=O) groups is 1. The van der Waals surface area contributed by atoms with Crippen LogP contribution < -0.4 is 11.3 Å². The molecule has 0 aliphatic heterocycles. The summed E-state index contributed by atoms with van der Waals surface area (Å²) >= 11 is 0. The Morgan fingerprint density at radius 1 is 1.55 bits per heavy atom. The fourth-order valence-corrected chi connectivity index (χ4v) is 2.18. The number of rotatable bonds is 7. The molecule has 1 aliphatic rings. The zero-order valence-electron chi connectivity index (χ0n) is 11.9. The lowest BCUT2D eigenvalue weighted by Crippen LogP contribution is -2.42. The van der Waals surface area contributed by atoms with Gasteiger partial charge in [0, 0.05) is 19.7 Å². The number of hydrogen-bond donors (Lipinski definition) is 2. The van der Waals surface area contributed by atoms with Gasteiger partial charge < -0.3 is 15.1 Å². The maximum atomic E-state index is 12.5.